The first-order valence-electron chi connectivity index (χ1n) is 8.72. The standard InChI is InChI=1S/C20H25N3O2/c1-21-20(23-12-14-24-18-5-3-2-4-6-18)22-11-9-16-7-8-19-17(15-16)10-13-25-19/h2-8,15H,9-14H2,1H3,(H2,21,22,23). The van der Waals surface area contributed by atoms with Crippen LogP contribution in [0.25, 0.3) is 0 Å². The van der Waals surface area contributed by atoms with E-state index in [0.717, 1.165) is 43.5 Å². The number of benzene rings is 2. The van der Waals surface area contributed by atoms with Gasteiger partial charge < -0.3 is 20.1 Å². The van der Waals surface area contributed by atoms with Crippen molar-refractivity contribution in [3.8, 4) is 11.5 Å². The summed E-state index contributed by atoms with van der Waals surface area (Å²) in [6, 6.07) is 16.3. The first-order chi connectivity index (χ1) is 12.3. The Hall–Kier alpha value is -2.69. The number of rotatable bonds is 7. The SMILES string of the molecule is CN=C(NCCOc1ccccc1)NCCc1ccc2c(c1)CCO2. The lowest BCUT2D eigenvalue weighted by Gasteiger charge is -2.13. The maximum Gasteiger partial charge on any atom is 0.191 e. The van der Waals surface area contributed by atoms with Crippen molar-refractivity contribution in [3.63, 3.8) is 0 Å². The van der Waals surface area contributed by atoms with Crippen molar-refractivity contribution in [2.75, 3.05) is 33.4 Å². The zero-order valence-electron chi connectivity index (χ0n) is 14.6. The Morgan fingerprint density at radius 2 is 1.96 bits per heavy atom. The number of guanidine groups is 1. The van der Waals surface area contributed by atoms with Gasteiger partial charge in [0.25, 0.3) is 0 Å². The molecule has 5 heteroatoms. The molecule has 2 N–H and O–H groups in total. The summed E-state index contributed by atoms with van der Waals surface area (Å²) in [5.74, 6) is 2.71. The zero-order chi connectivity index (χ0) is 17.3. The molecule has 0 saturated heterocycles. The number of ether oxygens (including phenoxy) is 2. The van der Waals surface area contributed by atoms with Crippen LogP contribution in [0.3, 0.4) is 0 Å². The van der Waals surface area contributed by atoms with Gasteiger partial charge in [-0.1, -0.05) is 30.3 Å². The topological polar surface area (TPSA) is 54.9 Å². The average molecular weight is 339 g/mol. The Labute approximate surface area is 149 Å². The summed E-state index contributed by atoms with van der Waals surface area (Å²) in [5, 5.41) is 6.60. The van der Waals surface area contributed by atoms with E-state index in [0.29, 0.717) is 13.2 Å². The van der Waals surface area contributed by atoms with E-state index in [1.807, 2.05) is 30.3 Å². The Balaban J connectivity index is 1.35. The summed E-state index contributed by atoms with van der Waals surface area (Å²) in [5.41, 5.74) is 2.64. The van der Waals surface area contributed by atoms with Crippen LogP contribution >= 0.6 is 0 Å². The summed E-state index contributed by atoms with van der Waals surface area (Å²) in [6.45, 7) is 2.93. The van der Waals surface area contributed by atoms with Crippen molar-refractivity contribution < 1.29 is 9.47 Å². The van der Waals surface area contributed by atoms with Crippen LogP contribution < -0.4 is 20.1 Å². The first kappa shape index (κ1) is 17.1. The van der Waals surface area contributed by atoms with Crippen molar-refractivity contribution in [2.45, 2.75) is 12.8 Å². The third kappa shape index (κ3) is 5.14. The second-order valence-corrected chi connectivity index (χ2v) is 5.88. The van der Waals surface area contributed by atoms with E-state index in [2.05, 4.69) is 33.8 Å². The second-order valence-electron chi connectivity index (χ2n) is 5.88. The number of aliphatic imine (C=N–C) groups is 1. The van der Waals surface area contributed by atoms with Crippen molar-refractivity contribution in [1.82, 2.24) is 10.6 Å². The summed E-state index contributed by atoms with van der Waals surface area (Å²) >= 11 is 0. The molecule has 5 nitrogen and oxygen atoms in total. The Kier molecular flexibility index (Phi) is 6.15. The van der Waals surface area contributed by atoms with Crippen LogP contribution in [0.4, 0.5) is 0 Å². The molecule has 0 amide bonds. The number of para-hydroxylation sites is 1. The fraction of sp³-hybridized carbons (Fsp3) is 0.350. The highest BCUT2D eigenvalue weighted by Crippen LogP contribution is 2.25. The summed E-state index contributed by atoms with van der Waals surface area (Å²) in [6.07, 6.45) is 1.97. The van der Waals surface area contributed by atoms with E-state index in [4.69, 9.17) is 9.47 Å². The minimum Gasteiger partial charge on any atom is -0.493 e. The number of fused-ring (bicyclic) bond motifs is 1. The van der Waals surface area contributed by atoms with Crippen molar-refractivity contribution in [3.05, 3.63) is 59.7 Å². The van der Waals surface area contributed by atoms with Gasteiger partial charge in [-0.25, -0.2) is 0 Å². The molecule has 0 unspecified atom stereocenters. The molecule has 2 aromatic carbocycles. The normalized spacial score (nSPS) is 13.1. The summed E-state index contributed by atoms with van der Waals surface area (Å²) in [7, 11) is 1.78. The Morgan fingerprint density at radius 3 is 2.80 bits per heavy atom. The van der Waals surface area contributed by atoms with Crippen LogP contribution in [-0.4, -0.2) is 39.3 Å². The molecule has 1 aliphatic heterocycles. The Morgan fingerprint density at radius 1 is 1.12 bits per heavy atom. The summed E-state index contributed by atoms with van der Waals surface area (Å²) in [4.78, 5) is 4.24. The van der Waals surface area contributed by atoms with Crippen LogP contribution in [0.1, 0.15) is 11.1 Å². The molecule has 1 aliphatic rings. The quantitative estimate of drug-likeness (QED) is 0.462. The minimum absolute atomic E-state index is 0.593. The lowest BCUT2D eigenvalue weighted by atomic mass is 10.1. The highest BCUT2D eigenvalue weighted by molar-refractivity contribution is 5.79. The van der Waals surface area contributed by atoms with Gasteiger partial charge in [0.1, 0.15) is 18.1 Å². The average Bonchev–Trinajstić information content (AvgIpc) is 3.12. The van der Waals surface area contributed by atoms with Crippen LogP contribution in [0.2, 0.25) is 0 Å². The van der Waals surface area contributed by atoms with E-state index in [1.165, 1.54) is 11.1 Å². The van der Waals surface area contributed by atoms with Crippen molar-refractivity contribution in [1.29, 1.82) is 0 Å². The van der Waals surface area contributed by atoms with Gasteiger partial charge in [-0.2, -0.15) is 0 Å². The molecule has 0 saturated carbocycles. The maximum atomic E-state index is 5.66. The molecule has 3 rings (SSSR count). The molecular formula is C20H25N3O2. The lowest BCUT2D eigenvalue weighted by Crippen LogP contribution is -2.40. The van der Waals surface area contributed by atoms with Gasteiger partial charge >= 0.3 is 0 Å². The third-order valence-electron chi connectivity index (χ3n) is 4.09. The third-order valence-corrected chi connectivity index (χ3v) is 4.09. The minimum atomic E-state index is 0.593. The molecule has 0 aromatic heterocycles. The number of nitrogens with one attached hydrogen (secondary N) is 2. The van der Waals surface area contributed by atoms with Gasteiger partial charge in [-0.05, 0) is 35.7 Å². The largest absolute Gasteiger partial charge is 0.493 e. The summed E-state index contributed by atoms with van der Waals surface area (Å²) < 4.78 is 11.2. The molecule has 0 atom stereocenters. The predicted molar refractivity (Wildman–Crippen MR) is 101 cm³/mol. The van der Waals surface area contributed by atoms with Crippen LogP contribution in [-0.2, 0) is 12.8 Å². The number of nitrogens with zero attached hydrogens (tertiary/aromatic N) is 1. The highest BCUT2D eigenvalue weighted by Gasteiger charge is 2.11. The fourth-order valence-corrected chi connectivity index (χ4v) is 2.80. The molecule has 0 aliphatic carbocycles. The van der Waals surface area contributed by atoms with Gasteiger partial charge in [-0.15, -0.1) is 0 Å². The predicted octanol–water partition coefficient (Wildman–Crippen LogP) is 2.41. The van der Waals surface area contributed by atoms with Crippen molar-refractivity contribution >= 4 is 5.96 Å². The Bertz CT molecular complexity index is 701. The molecule has 0 radical (unpaired) electrons. The molecule has 1 heterocycles. The maximum absolute atomic E-state index is 5.66. The molecule has 2 aromatic rings. The number of hydrogen-bond acceptors (Lipinski definition) is 3. The second kappa shape index (κ2) is 8.97. The van der Waals surface area contributed by atoms with E-state index in [-0.39, 0.29) is 0 Å². The zero-order valence-corrected chi connectivity index (χ0v) is 14.6. The van der Waals surface area contributed by atoms with Crippen LogP contribution in [0, 0.1) is 0 Å². The molecule has 0 fully saturated rings. The van der Waals surface area contributed by atoms with E-state index < -0.39 is 0 Å². The number of hydrogen-bond donors (Lipinski definition) is 2. The smallest absolute Gasteiger partial charge is 0.191 e. The van der Waals surface area contributed by atoms with Crippen molar-refractivity contribution in [2.24, 2.45) is 4.99 Å². The van der Waals surface area contributed by atoms with E-state index >= 15 is 0 Å². The van der Waals surface area contributed by atoms with E-state index in [1.54, 1.807) is 7.05 Å². The van der Waals surface area contributed by atoms with Gasteiger partial charge in [-0.3, -0.25) is 4.99 Å². The van der Waals surface area contributed by atoms with Gasteiger partial charge in [0.2, 0.25) is 0 Å². The molecular weight excluding hydrogens is 314 g/mol. The molecule has 0 bridgehead atoms. The van der Waals surface area contributed by atoms with Gasteiger partial charge in [0.15, 0.2) is 5.96 Å². The monoisotopic (exact) mass is 339 g/mol. The molecule has 132 valence electrons. The highest BCUT2D eigenvalue weighted by atomic mass is 16.5. The molecule has 25 heavy (non-hydrogen) atoms. The molecule has 0 spiro atoms. The van der Waals surface area contributed by atoms with Crippen LogP contribution in [0.15, 0.2) is 53.5 Å². The van der Waals surface area contributed by atoms with Gasteiger partial charge in [0, 0.05) is 20.0 Å². The fourth-order valence-electron chi connectivity index (χ4n) is 2.80. The van der Waals surface area contributed by atoms with Crippen LogP contribution in [0.5, 0.6) is 11.5 Å². The first-order valence-corrected chi connectivity index (χ1v) is 8.72. The van der Waals surface area contributed by atoms with Gasteiger partial charge in [0.05, 0.1) is 13.2 Å². The van der Waals surface area contributed by atoms with E-state index in [9.17, 15) is 0 Å². The lowest BCUT2D eigenvalue weighted by molar-refractivity contribution is 0.322.